The molecule has 4 nitrogen and oxygen atoms in total. The summed E-state index contributed by atoms with van der Waals surface area (Å²) in [5.41, 5.74) is 2.45. The number of aryl methyl sites for hydroxylation is 3. The summed E-state index contributed by atoms with van der Waals surface area (Å²) in [5, 5.41) is 11.1. The first-order valence-electron chi connectivity index (χ1n) is 5.87. The summed E-state index contributed by atoms with van der Waals surface area (Å²) in [4.78, 5) is 0. The normalized spacial score (nSPS) is 10.9. The van der Waals surface area contributed by atoms with Gasteiger partial charge >= 0.3 is 0 Å². The van der Waals surface area contributed by atoms with Gasteiger partial charge in [-0.2, -0.15) is 0 Å². The molecule has 0 atom stereocenters. The second-order valence-corrected chi connectivity index (χ2v) is 4.51. The summed E-state index contributed by atoms with van der Waals surface area (Å²) >= 11 is 0. The maximum Gasteiger partial charge on any atom is 0.146 e. The first kappa shape index (κ1) is 12.7. The average molecular weight is 248 g/mol. The van der Waals surface area contributed by atoms with Gasteiger partial charge in [0, 0.05) is 13.6 Å². The van der Waals surface area contributed by atoms with Gasteiger partial charge in [-0.25, -0.2) is 4.39 Å². The predicted molar refractivity (Wildman–Crippen MR) is 67.4 cm³/mol. The van der Waals surface area contributed by atoms with Crippen LogP contribution in [0.4, 0.5) is 4.39 Å². The van der Waals surface area contributed by atoms with Gasteiger partial charge in [0.05, 0.1) is 6.54 Å². The largest absolute Gasteiger partial charge is 0.320 e. The molecule has 0 unspecified atom stereocenters. The highest BCUT2D eigenvalue weighted by Crippen LogP contribution is 2.14. The lowest BCUT2D eigenvalue weighted by atomic mass is 10.1. The summed E-state index contributed by atoms with van der Waals surface area (Å²) in [6, 6.07) is 3.73. The second-order valence-electron chi connectivity index (χ2n) is 4.51. The van der Waals surface area contributed by atoms with Crippen molar-refractivity contribution >= 4 is 0 Å². The van der Waals surface area contributed by atoms with Gasteiger partial charge in [-0.1, -0.05) is 12.1 Å². The molecule has 2 rings (SSSR count). The van der Waals surface area contributed by atoms with Crippen LogP contribution in [0.1, 0.15) is 22.5 Å². The third-order valence-electron chi connectivity index (χ3n) is 2.91. The van der Waals surface area contributed by atoms with Crippen LogP contribution in [-0.4, -0.2) is 14.8 Å². The molecule has 96 valence electrons. The fourth-order valence-corrected chi connectivity index (χ4v) is 1.92. The molecule has 0 spiro atoms. The van der Waals surface area contributed by atoms with Crippen LogP contribution >= 0.6 is 0 Å². The molecule has 0 saturated carbocycles. The second kappa shape index (κ2) is 5.27. The summed E-state index contributed by atoms with van der Waals surface area (Å²) in [6.45, 7) is 4.91. The van der Waals surface area contributed by atoms with Gasteiger partial charge in [0.2, 0.25) is 0 Å². The maximum atomic E-state index is 13.5. The van der Waals surface area contributed by atoms with Gasteiger partial charge in [-0.15, -0.1) is 10.2 Å². The molecule has 0 aliphatic rings. The van der Waals surface area contributed by atoms with Crippen LogP contribution in [0, 0.1) is 19.7 Å². The quantitative estimate of drug-likeness (QED) is 0.898. The van der Waals surface area contributed by atoms with E-state index in [0.29, 0.717) is 24.2 Å². The minimum atomic E-state index is -0.118. The molecular formula is C13H17FN4. The number of nitrogens with zero attached hydrogens (tertiary/aromatic N) is 3. The summed E-state index contributed by atoms with van der Waals surface area (Å²) in [5.74, 6) is 0.762. The van der Waals surface area contributed by atoms with Crippen molar-refractivity contribution in [3.05, 3.63) is 46.8 Å². The molecule has 0 amide bonds. The molecule has 18 heavy (non-hydrogen) atoms. The van der Waals surface area contributed by atoms with Crippen molar-refractivity contribution in [2.75, 3.05) is 0 Å². The van der Waals surface area contributed by atoms with Crippen LogP contribution in [-0.2, 0) is 20.1 Å². The first-order chi connectivity index (χ1) is 8.58. The average Bonchev–Trinajstić information content (AvgIpc) is 2.72. The van der Waals surface area contributed by atoms with Crippen molar-refractivity contribution in [1.82, 2.24) is 20.1 Å². The molecular weight excluding hydrogens is 231 g/mol. The molecule has 0 saturated heterocycles. The fraction of sp³-hybridized carbons (Fsp3) is 0.385. The number of hydrogen-bond acceptors (Lipinski definition) is 3. The zero-order chi connectivity index (χ0) is 13.1. The molecule has 1 aromatic heterocycles. The van der Waals surface area contributed by atoms with E-state index in [0.717, 1.165) is 11.4 Å². The van der Waals surface area contributed by atoms with Crippen LogP contribution in [0.2, 0.25) is 0 Å². The topological polar surface area (TPSA) is 42.7 Å². The fourth-order valence-electron chi connectivity index (χ4n) is 1.92. The Hall–Kier alpha value is -1.75. The minimum Gasteiger partial charge on any atom is -0.320 e. The van der Waals surface area contributed by atoms with Gasteiger partial charge in [0.1, 0.15) is 18.0 Å². The molecule has 0 radical (unpaired) electrons. The third-order valence-corrected chi connectivity index (χ3v) is 2.91. The molecule has 0 bridgehead atoms. The Morgan fingerprint density at radius 1 is 1.22 bits per heavy atom. The smallest absolute Gasteiger partial charge is 0.146 e. The van der Waals surface area contributed by atoms with Gasteiger partial charge in [-0.3, -0.25) is 0 Å². The Labute approximate surface area is 106 Å². The van der Waals surface area contributed by atoms with E-state index in [9.17, 15) is 4.39 Å². The summed E-state index contributed by atoms with van der Waals surface area (Å²) in [6.07, 6.45) is 1.67. The van der Waals surface area contributed by atoms with Crippen molar-refractivity contribution in [1.29, 1.82) is 0 Å². The molecule has 0 aliphatic heterocycles. The highest BCUT2D eigenvalue weighted by Gasteiger charge is 2.05. The van der Waals surface area contributed by atoms with E-state index in [1.807, 2.05) is 23.7 Å². The number of aromatic nitrogens is 3. The molecule has 1 heterocycles. The Kier molecular flexibility index (Phi) is 3.72. The van der Waals surface area contributed by atoms with Crippen molar-refractivity contribution in [2.45, 2.75) is 26.9 Å². The van der Waals surface area contributed by atoms with E-state index in [4.69, 9.17) is 0 Å². The maximum absolute atomic E-state index is 13.5. The molecule has 2 aromatic rings. The molecule has 1 aromatic carbocycles. The van der Waals surface area contributed by atoms with Crippen LogP contribution in [0.5, 0.6) is 0 Å². The molecule has 0 fully saturated rings. The number of benzene rings is 1. The SMILES string of the molecule is Cc1cc(CNCc2nncn2C)cc(C)c1F. The zero-order valence-corrected chi connectivity index (χ0v) is 10.9. The van der Waals surface area contributed by atoms with Gasteiger partial charge in [0.25, 0.3) is 0 Å². The van der Waals surface area contributed by atoms with E-state index >= 15 is 0 Å². The summed E-state index contributed by atoms with van der Waals surface area (Å²) < 4.78 is 15.3. The molecule has 0 aliphatic carbocycles. The van der Waals surface area contributed by atoms with E-state index in [-0.39, 0.29) is 5.82 Å². The van der Waals surface area contributed by atoms with Crippen LogP contribution in [0.15, 0.2) is 18.5 Å². The lowest BCUT2D eigenvalue weighted by Gasteiger charge is -2.08. The lowest BCUT2D eigenvalue weighted by molar-refractivity contribution is 0.603. The van der Waals surface area contributed by atoms with Gasteiger partial charge in [0.15, 0.2) is 0 Å². The Morgan fingerprint density at radius 3 is 2.44 bits per heavy atom. The number of hydrogen-bond donors (Lipinski definition) is 1. The highest BCUT2D eigenvalue weighted by atomic mass is 19.1. The van der Waals surface area contributed by atoms with E-state index in [1.165, 1.54) is 0 Å². The monoisotopic (exact) mass is 248 g/mol. The summed E-state index contributed by atoms with van der Waals surface area (Å²) in [7, 11) is 1.91. The number of halogens is 1. The van der Waals surface area contributed by atoms with Crippen molar-refractivity contribution in [3.63, 3.8) is 0 Å². The van der Waals surface area contributed by atoms with Gasteiger partial charge in [-0.05, 0) is 30.5 Å². The number of nitrogens with one attached hydrogen (secondary N) is 1. The van der Waals surface area contributed by atoms with Crippen LogP contribution in [0.25, 0.3) is 0 Å². The lowest BCUT2D eigenvalue weighted by Crippen LogP contribution is -2.16. The van der Waals surface area contributed by atoms with Crippen molar-refractivity contribution < 1.29 is 4.39 Å². The minimum absolute atomic E-state index is 0.118. The zero-order valence-electron chi connectivity index (χ0n) is 10.9. The molecule has 5 heteroatoms. The highest BCUT2D eigenvalue weighted by molar-refractivity contribution is 5.30. The van der Waals surface area contributed by atoms with Crippen LogP contribution in [0.3, 0.4) is 0 Å². The van der Waals surface area contributed by atoms with E-state index < -0.39 is 0 Å². The Bertz CT molecular complexity index is 525. The first-order valence-corrected chi connectivity index (χ1v) is 5.87. The van der Waals surface area contributed by atoms with E-state index in [2.05, 4.69) is 15.5 Å². The predicted octanol–water partition coefficient (Wildman–Crippen LogP) is 1.86. The standard InChI is InChI=1S/C13H17FN4/c1-9-4-11(5-10(2)13(9)14)6-15-7-12-17-16-8-18(12)3/h4-5,8,15H,6-7H2,1-3H3. The van der Waals surface area contributed by atoms with Crippen LogP contribution < -0.4 is 5.32 Å². The number of rotatable bonds is 4. The van der Waals surface area contributed by atoms with E-state index in [1.54, 1.807) is 20.2 Å². The van der Waals surface area contributed by atoms with Gasteiger partial charge < -0.3 is 9.88 Å². The van der Waals surface area contributed by atoms with Crippen molar-refractivity contribution in [2.24, 2.45) is 7.05 Å². The van der Waals surface area contributed by atoms with Crippen molar-refractivity contribution in [3.8, 4) is 0 Å². The third kappa shape index (κ3) is 2.73. The Morgan fingerprint density at radius 2 is 1.89 bits per heavy atom. The Balaban J connectivity index is 1.97. The molecule has 1 N–H and O–H groups in total.